The van der Waals surface area contributed by atoms with Gasteiger partial charge in [0.25, 0.3) is 5.91 Å². The number of carbonyl (C=O) groups is 3. The second-order valence-corrected chi connectivity index (χ2v) is 9.26. The standard InChI is InChI=1S/C22H28ClN5O5/c1-22(2,3)33-21(31)25-18-11-28(19(29)12-32-4)8-7-15(18)24-20(30)17-9-13-5-6-14(23)10-16(13)26-27-17/h5-6,9-10,15,18H,7-8,11-12H2,1-4H3,(H,24,30)(H,25,31)/t15-,18+/m0/s1. The van der Waals surface area contributed by atoms with Gasteiger partial charge in [-0.2, -0.15) is 0 Å². The van der Waals surface area contributed by atoms with Crippen LogP contribution in [0.15, 0.2) is 24.3 Å². The Morgan fingerprint density at radius 1 is 1.15 bits per heavy atom. The van der Waals surface area contributed by atoms with Crippen molar-refractivity contribution in [2.24, 2.45) is 0 Å². The number of benzene rings is 1. The first-order valence-corrected chi connectivity index (χ1v) is 10.9. The summed E-state index contributed by atoms with van der Waals surface area (Å²) in [4.78, 5) is 39.2. The Hall–Kier alpha value is -2.98. The van der Waals surface area contributed by atoms with E-state index in [2.05, 4.69) is 20.8 Å². The van der Waals surface area contributed by atoms with Crippen LogP contribution in [0.25, 0.3) is 10.9 Å². The number of ether oxygens (including phenoxy) is 2. The lowest BCUT2D eigenvalue weighted by molar-refractivity contribution is -0.136. The monoisotopic (exact) mass is 477 g/mol. The SMILES string of the molecule is COCC(=O)N1CC[C@H](NC(=O)c2cc3ccc(Cl)cc3nn2)[C@H](NC(=O)OC(C)(C)C)C1. The number of alkyl carbamates (subject to hydrolysis) is 1. The maximum atomic E-state index is 12.9. The van der Waals surface area contributed by atoms with Gasteiger partial charge in [0.05, 0.1) is 17.6 Å². The summed E-state index contributed by atoms with van der Waals surface area (Å²) in [6, 6.07) is 5.75. The molecule has 0 spiro atoms. The number of rotatable bonds is 5. The molecular formula is C22H28ClN5O5. The number of nitrogens with zero attached hydrogens (tertiary/aromatic N) is 3. The van der Waals surface area contributed by atoms with E-state index in [1.54, 1.807) is 49.9 Å². The molecule has 11 heteroatoms. The maximum absolute atomic E-state index is 12.9. The van der Waals surface area contributed by atoms with Gasteiger partial charge >= 0.3 is 6.09 Å². The summed E-state index contributed by atoms with van der Waals surface area (Å²) in [6.45, 7) is 5.81. The molecule has 0 unspecified atom stereocenters. The number of hydrogen-bond acceptors (Lipinski definition) is 7. The summed E-state index contributed by atoms with van der Waals surface area (Å²) in [5, 5.41) is 15.0. The molecule has 2 N–H and O–H groups in total. The van der Waals surface area contributed by atoms with Gasteiger partial charge in [-0.1, -0.05) is 17.7 Å². The van der Waals surface area contributed by atoms with E-state index in [4.69, 9.17) is 21.1 Å². The number of carbonyl (C=O) groups excluding carboxylic acids is 3. The Bertz CT molecular complexity index is 1040. The number of methoxy groups -OCH3 is 1. The van der Waals surface area contributed by atoms with Gasteiger partial charge in [-0.15, -0.1) is 10.2 Å². The topological polar surface area (TPSA) is 123 Å². The van der Waals surface area contributed by atoms with Crippen molar-refractivity contribution in [1.82, 2.24) is 25.7 Å². The second kappa shape index (κ2) is 10.3. The zero-order valence-corrected chi connectivity index (χ0v) is 19.8. The van der Waals surface area contributed by atoms with Crippen molar-refractivity contribution in [2.75, 3.05) is 26.8 Å². The molecule has 0 radical (unpaired) electrons. The van der Waals surface area contributed by atoms with Gasteiger partial charge in [-0.25, -0.2) is 4.79 Å². The molecule has 1 aliphatic rings. The van der Waals surface area contributed by atoms with E-state index in [0.717, 1.165) is 5.39 Å². The lowest BCUT2D eigenvalue weighted by Crippen LogP contribution is -2.62. The van der Waals surface area contributed by atoms with Crippen molar-refractivity contribution in [3.8, 4) is 0 Å². The second-order valence-electron chi connectivity index (χ2n) is 8.83. The van der Waals surface area contributed by atoms with Crippen LogP contribution >= 0.6 is 11.6 Å². The molecule has 0 saturated carbocycles. The number of halogens is 1. The smallest absolute Gasteiger partial charge is 0.408 e. The number of aromatic nitrogens is 2. The Kier molecular flexibility index (Phi) is 7.70. The van der Waals surface area contributed by atoms with Gasteiger partial charge < -0.3 is 25.0 Å². The maximum Gasteiger partial charge on any atom is 0.408 e. The molecule has 2 atom stereocenters. The Balaban J connectivity index is 1.75. The number of fused-ring (bicyclic) bond motifs is 1. The van der Waals surface area contributed by atoms with Crippen molar-refractivity contribution in [2.45, 2.75) is 44.9 Å². The summed E-state index contributed by atoms with van der Waals surface area (Å²) in [5.74, 6) is -0.630. The first-order valence-electron chi connectivity index (χ1n) is 10.6. The van der Waals surface area contributed by atoms with Crippen LogP contribution in [0.1, 0.15) is 37.7 Å². The highest BCUT2D eigenvalue weighted by Crippen LogP contribution is 2.18. The fourth-order valence-electron chi connectivity index (χ4n) is 3.53. The van der Waals surface area contributed by atoms with Crippen LogP contribution < -0.4 is 10.6 Å². The summed E-state index contributed by atoms with van der Waals surface area (Å²) in [6.07, 6.45) is -0.201. The van der Waals surface area contributed by atoms with Crippen molar-refractivity contribution in [1.29, 1.82) is 0 Å². The fraction of sp³-hybridized carbons (Fsp3) is 0.500. The number of nitrogens with one attached hydrogen (secondary N) is 2. The number of amides is 3. The molecule has 2 heterocycles. The van der Waals surface area contributed by atoms with Crippen LogP contribution in [0.3, 0.4) is 0 Å². The van der Waals surface area contributed by atoms with Gasteiger partial charge in [0.2, 0.25) is 5.91 Å². The third-order valence-corrected chi connectivity index (χ3v) is 5.27. The first kappa shape index (κ1) is 24.7. The summed E-state index contributed by atoms with van der Waals surface area (Å²) >= 11 is 5.97. The molecule has 10 nitrogen and oxygen atoms in total. The highest BCUT2D eigenvalue weighted by atomic mass is 35.5. The molecule has 1 fully saturated rings. The van der Waals surface area contributed by atoms with E-state index in [9.17, 15) is 14.4 Å². The molecule has 2 aromatic rings. The third-order valence-electron chi connectivity index (χ3n) is 5.03. The molecule has 33 heavy (non-hydrogen) atoms. The molecular weight excluding hydrogens is 450 g/mol. The third kappa shape index (κ3) is 6.75. The average Bonchev–Trinajstić information content (AvgIpc) is 2.73. The lowest BCUT2D eigenvalue weighted by atomic mass is 9.98. The number of hydrogen-bond donors (Lipinski definition) is 2. The summed E-state index contributed by atoms with van der Waals surface area (Å²) in [7, 11) is 1.44. The quantitative estimate of drug-likeness (QED) is 0.676. The Morgan fingerprint density at radius 2 is 1.91 bits per heavy atom. The van der Waals surface area contributed by atoms with Crippen molar-refractivity contribution >= 4 is 40.4 Å². The highest BCUT2D eigenvalue weighted by molar-refractivity contribution is 6.31. The molecule has 0 bridgehead atoms. The van der Waals surface area contributed by atoms with Crippen LogP contribution in [0, 0.1) is 0 Å². The molecule has 1 saturated heterocycles. The number of likely N-dealkylation sites (tertiary alicyclic amines) is 1. The van der Waals surface area contributed by atoms with E-state index < -0.39 is 29.7 Å². The van der Waals surface area contributed by atoms with Crippen molar-refractivity contribution in [3.63, 3.8) is 0 Å². The van der Waals surface area contributed by atoms with E-state index in [-0.39, 0.29) is 24.8 Å². The predicted molar refractivity (Wildman–Crippen MR) is 122 cm³/mol. The van der Waals surface area contributed by atoms with Crippen LogP contribution in [0.5, 0.6) is 0 Å². The fourth-order valence-corrected chi connectivity index (χ4v) is 3.70. The minimum atomic E-state index is -0.688. The predicted octanol–water partition coefficient (Wildman–Crippen LogP) is 2.15. The highest BCUT2D eigenvalue weighted by Gasteiger charge is 2.35. The Morgan fingerprint density at radius 3 is 2.61 bits per heavy atom. The Labute approximate surface area is 196 Å². The first-order chi connectivity index (χ1) is 15.6. The minimum absolute atomic E-state index is 0.0626. The van der Waals surface area contributed by atoms with Crippen LogP contribution in [0.4, 0.5) is 4.79 Å². The van der Waals surface area contributed by atoms with Gasteiger partial charge in [0.1, 0.15) is 12.2 Å². The zero-order valence-electron chi connectivity index (χ0n) is 19.1. The van der Waals surface area contributed by atoms with Gasteiger partial charge in [0, 0.05) is 30.6 Å². The van der Waals surface area contributed by atoms with E-state index in [1.807, 2.05) is 0 Å². The van der Waals surface area contributed by atoms with Gasteiger partial charge in [-0.3, -0.25) is 9.59 Å². The molecule has 1 aromatic heterocycles. The van der Waals surface area contributed by atoms with Crippen molar-refractivity contribution in [3.05, 3.63) is 35.0 Å². The summed E-state index contributed by atoms with van der Waals surface area (Å²) in [5.41, 5.74) is 0.0271. The largest absolute Gasteiger partial charge is 0.444 e. The van der Waals surface area contributed by atoms with Gasteiger partial charge in [0.15, 0.2) is 5.69 Å². The molecule has 3 rings (SSSR count). The van der Waals surface area contributed by atoms with Crippen molar-refractivity contribution < 1.29 is 23.9 Å². The lowest BCUT2D eigenvalue weighted by Gasteiger charge is -2.39. The zero-order chi connectivity index (χ0) is 24.2. The molecule has 1 aliphatic heterocycles. The van der Waals surface area contributed by atoms with E-state index >= 15 is 0 Å². The summed E-state index contributed by atoms with van der Waals surface area (Å²) < 4.78 is 10.3. The minimum Gasteiger partial charge on any atom is -0.444 e. The van der Waals surface area contributed by atoms with Crippen LogP contribution in [0.2, 0.25) is 5.02 Å². The normalized spacial score (nSPS) is 18.6. The molecule has 0 aliphatic carbocycles. The van der Waals surface area contributed by atoms with Crippen LogP contribution in [-0.4, -0.2) is 77.5 Å². The van der Waals surface area contributed by atoms with E-state index in [1.165, 1.54) is 7.11 Å². The van der Waals surface area contributed by atoms with Crippen LogP contribution in [-0.2, 0) is 14.3 Å². The molecule has 178 valence electrons. The number of piperidine rings is 1. The van der Waals surface area contributed by atoms with Gasteiger partial charge in [-0.05, 0) is 45.4 Å². The molecule has 3 amide bonds. The van der Waals surface area contributed by atoms with E-state index in [0.29, 0.717) is 23.5 Å². The average molecular weight is 478 g/mol. The molecule has 1 aromatic carbocycles.